The lowest BCUT2D eigenvalue weighted by Gasteiger charge is -2.09. The maximum atomic E-state index is 13.0. The molecule has 1 aromatic heterocycles. The quantitative estimate of drug-likeness (QED) is 0.762. The molecule has 0 aliphatic heterocycles. The maximum Gasteiger partial charge on any atom is 0.338 e. The van der Waals surface area contributed by atoms with Gasteiger partial charge in [-0.05, 0) is 30.3 Å². The van der Waals surface area contributed by atoms with E-state index in [2.05, 4.69) is 15.7 Å². The van der Waals surface area contributed by atoms with Gasteiger partial charge in [0.05, 0.1) is 10.9 Å². The lowest BCUT2D eigenvalue weighted by atomic mass is 10.2. The Bertz CT molecular complexity index is 907. The zero-order chi connectivity index (χ0) is 15.5. The molecule has 22 heavy (non-hydrogen) atoms. The second kappa shape index (κ2) is 5.65. The van der Waals surface area contributed by atoms with Crippen molar-refractivity contribution in [2.24, 2.45) is 0 Å². The number of rotatable bonds is 2. The molecule has 3 aromatic rings. The minimum Gasteiger partial charge on any atom is -0.306 e. The number of hydrogen-bond donors (Lipinski definition) is 2. The van der Waals surface area contributed by atoms with Crippen LogP contribution >= 0.6 is 0 Å². The Balaban J connectivity index is 1.82. The number of para-hydroxylation sites is 1. The molecule has 0 aliphatic rings. The third-order valence-corrected chi connectivity index (χ3v) is 2.97. The lowest BCUT2D eigenvalue weighted by molar-refractivity contribution is 0.259. The van der Waals surface area contributed by atoms with E-state index < -0.39 is 17.4 Å². The van der Waals surface area contributed by atoms with E-state index in [1.807, 2.05) is 0 Å². The molecule has 3 rings (SSSR count). The maximum absolute atomic E-state index is 13.0. The van der Waals surface area contributed by atoms with Gasteiger partial charge in [0.2, 0.25) is 0 Å². The van der Waals surface area contributed by atoms with Crippen molar-refractivity contribution in [3.63, 3.8) is 0 Å². The van der Waals surface area contributed by atoms with Crippen LogP contribution in [0, 0.1) is 5.82 Å². The summed E-state index contributed by atoms with van der Waals surface area (Å²) in [5.41, 5.74) is 2.75. The average molecular weight is 298 g/mol. The minimum atomic E-state index is -0.676. The molecule has 2 N–H and O–H groups in total. The molecule has 7 heteroatoms. The van der Waals surface area contributed by atoms with Crippen LogP contribution in [-0.4, -0.2) is 15.7 Å². The normalized spacial score (nSPS) is 10.4. The van der Waals surface area contributed by atoms with Crippen LogP contribution < -0.4 is 16.3 Å². The van der Waals surface area contributed by atoms with Gasteiger partial charge in [-0.1, -0.05) is 18.2 Å². The summed E-state index contributed by atoms with van der Waals surface area (Å²) in [5.74, 6) is -0.470. The number of carbonyl (C=O) groups excluding carboxylic acids is 1. The fourth-order valence-electron chi connectivity index (χ4n) is 1.98. The summed E-state index contributed by atoms with van der Waals surface area (Å²) < 4.78 is 14.0. The van der Waals surface area contributed by atoms with Crippen molar-refractivity contribution in [1.29, 1.82) is 0 Å². The van der Waals surface area contributed by atoms with Crippen molar-refractivity contribution in [3.05, 3.63) is 71.0 Å². The number of aromatic nitrogens is 2. The Morgan fingerprint density at radius 1 is 1.14 bits per heavy atom. The predicted octanol–water partition coefficient (Wildman–Crippen LogP) is 2.31. The van der Waals surface area contributed by atoms with E-state index in [0.717, 1.165) is 4.68 Å². The van der Waals surface area contributed by atoms with Gasteiger partial charge < -0.3 is 5.32 Å². The Kier molecular flexibility index (Phi) is 3.53. The van der Waals surface area contributed by atoms with Crippen molar-refractivity contribution in [2.75, 3.05) is 10.7 Å². The van der Waals surface area contributed by atoms with Crippen molar-refractivity contribution >= 4 is 22.6 Å². The molecular weight excluding hydrogens is 287 g/mol. The van der Waals surface area contributed by atoms with E-state index >= 15 is 0 Å². The summed E-state index contributed by atoms with van der Waals surface area (Å²) in [6.07, 6.45) is 1.22. The van der Waals surface area contributed by atoms with E-state index in [1.165, 1.54) is 30.6 Å². The van der Waals surface area contributed by atoms with Crippen LogP contribution in [-0.2, 0) is 0 Å². The Morgan fingerprint density at radius 3 is 2.77 bits per heavy atom. The van der Waals surface area contributed by atoms with Gasteiger partial charge in [0.15, 0.2) is 0 Å². The van der Waals surface area contributed by atoms with Gasteiger partial charge in [-0.15, -0.1) is 0 Å². The number of benzene rings is 2. The molecule has 2 amide bonds. The van der Waals surface area contributed by atoms with Crippen molar-refractivity contribution in [1.82, 2.24) is 9.66 Å². The third kappa shape index (κ3) is 2.78. The van der Waals surface area contributed by atoms with Gasteiger partial charge >= 0.3 is 6.03 Å². The number of nitrogens with zero attached hydrogens (tertiary/aromatic N) is 2. The summed E-state index contributed by atoms with van der Waals surface area (Å²) in [7, 11) is 0. The number of amides is 2. The molecule has 0 aliphatic carbocycles. The van der Waals surface area contributed by atoms with E-state index in [0.29, 0.717) is 10.9 Å². The number of halogens is 1. The Morgan fingerprint density at radius 2 is 1.95 bits per heavy atom. The Labute approximate surface area is 124 Å². The van der Waals surface area contributed by atoms with Gasteiger partial charge in [-0.3, -0.25) is 4.79 Å². The van der Waals surface area contributed by atoms with Gasteiger partial charge in [0.1, 0.15) is 12.1 Å². The van der Waals surface area contributed by atoms with Crippen LogP contribution in [0.5, 0.6) is 0 Å². The molecule has 0 saturated heterocycles. The highest BCUT2D eigenvalue weighted by atomic mass is 19.1. The second-order valence-corrected chi connectivity index (χ2v) is 4.51. The van der Waals surface area contributed by atoms with E-state index in [4.69, 9.17) is 0 Å². The fraction of sp³-hybridized carbons (Fsp3) is 0. The number of urea groups is 1. The van der Waals surface area contributed by atoms with E-state index in [-0.39, 0.29) is 5.69 Å². The second-order valence-electron chi connectivity index (χ2n) is 4.51. The molecular formula is C15H11FN4O2. The number of carbonyl (C=O) groups is 1. The first-order valence-electron chi connectivity index (χ1n) is 6.43. The number of hydrogen-bond acceptors (Lipinski definition) is 3. The number of fused-ring (bicyclic) bond motifs is 1. The molecule has 110 valence electrons. The first kappa shape index (κ1) is 13.7. The zero-order valence-electron chi connectivity index (χ0n) is 11.3. The third-order valence-electron chi connectivity index (χ3n) is 2.97. The molecule has 0 unspecified atom stereocenters. The summed E-state index contributed by atoms with van der Waals surface area (Å²) in [4.78, 5) is 28.1. The van der Waals surface area contributed by atoms with Crippen LogP contribution in [0.1, 0.15) is 0 Å². The molecule has 0 saturated carbocycles. The first-order chi connectivity index (χ1) is 10.6. The molecule has 0 atom stereocenters. The monoisotopic (exact) mass is 298 g/mol. The molecule has 0 spiro atoms. The topological polar surface area (TPSA) is 76.0 Å². The fourth-order valence-corrected chi connectivity index (χ4v) is 1.98. The smallest absolute Gasteiger partial charge is 0.306 e. The van der Waals surface area contributed by atoms with Gasteiger partial charge in [-0.2, -0.15) is 0 Å². The van der Waals surface area contributed by atoms with Gasteiger partial charge in [-0.25, -0.2) is 24.3 Å². The van der Waals surface area contributed by atoms with Gasteiger partial charge in [0.25, 0.3) is 5.56 Å². The van der Waals surface area contributed by atoms with Gasteiger partial charge in [0, 0.05) is 5.69 Å². The van der Waals surface area contributed by atoms with Crippen LogP contribution in [0.3, 0.4) is 0 Å². The average Bonchev–Trinajstić information content (AvgIpc) is 2.50. The highest BCUT2D eigenvalue weighted by Crippen LogP contribution is 2.09. The highest BCUT2D eigenvalue weighted by molar-refractivity contribution is 5.95. The molecule has 1 heterocycles. The molecule has 0 fully saturated rings. The van der Waals surface area contributed by atoms with Crippen molar-refractivity contribution in [2.45, 2.75) is 0 Å². The Hall–Kier alpha value is -3.22. The molecule has 2 aromatic carbocycles. The van der Waals surface area contributed by atoms with Crippen LogP contribution in [0.15, 0.2) is 59.7 Å². The van der Waals surface area contributed by atoms with Crippen molar-refractivity contribution in [3.8, 4) is 0 Å². The van der Waals surface area contributed by atoms with Crippen LogP contribution in [0.4, 0.5) is 14.9 Å². The summed E-state index contributed by atoms with van der Waals surface area (Å²) in [6.45, 7) is 0. The number of nitrogens with one attached hydrogen (secondary N) is 2. The summed E-state index contributed by atoms with van der Waals surface area (Å²) in [5, 5.41) is 2.81. The zero-order valence-corrected chi connectivity index (χ0v) is 11.3. The van der Waals surface area contributed by atoms with Crippen molar-refractivity contribution < 1.29 is 9.18 Å². The minimum absolute atomic E-state index is 0.277. The standard InChI is InChI=1S/C15H11FN4O2/c16-10-4-3-5-11(8-10)18-15(22)19-20-9-17-13-7-2-1-6-12(13)14(20)21/h1-9H,(H2,18,19,22). The molecule has 0 bridgehead atoms. The lowest BCUT2D eigenvalue weighted by Crippen LogP contribution is -2.35. The summed E-state index contributed by atoms with van der Waals surface area (Å²) in [6, 6.07) is 11.6. The first-order valence-corrected chi connectivity index (χ1v) is 6.43. The van der Waals surface area contributed by atoms with Crippen LogP contribution in [0.25, 0.3) is 10.9 Å². The SMILES string of the molecule is O=C(Nc1cccc(F)c1)Nn1cnc2ccccc2c1=O. The van der Waals surface area contributed by atoms with E-state index in [9.17, 15) is 14.0 Å². The highest BCUT2D eigenvalue weighted by Gasteiger charge is 2.07. The molecule has 0 radical (unpaired) electrons. The summed E-state index contributed by atoms with van der Waals surface area (Å²) >= 11 is 0. The van der Waals surface area contributed by atoms with Crippen LogP contribution in [0.2, 0.25) is 0 Å². The molecule has 6 nitrogen and oxygen atoms in total. The largest absolute Gasteiger partial charge is 0.338 e. The predicted molar refractivity (Wildman–Crippen MR) is 80.8 cm³/mol. The number of anilines is 1. The van der Waals surface area contributed by atoms with E-state index in [1.54, 1.807) is 24.3 Å².